The minimum absolute atomic E-state index is 0.0747. The zero-order chi connectivity index (χ0) is 33.4. The van der Waals surface area contributed by atoms with E-state index in [2.05, 4.69) is 5.32 Å². The van der Waals surface area contributed by atoms with Crippen LogP contribution < -0.4 is 9.62 Å². The van der Waals surface area contributed by atoms with Gasteiger partial charge in [-0.3, -0.25) is 13.9 Å². The molecule has 0 aromatic heterocycles. The van der Waals surface area contributed by atoms with Crippen molar-refractivity contribution < 1.29 is 18.0 Å². The van der Waals surface area contributed by atoms with Crippen LogP contribution in [0.25, 0.3) is 0 Å². The highest BCUT2D eigenvalue weighted by molar-refractivity contribution is 7.92. The fraction of sp³-hybridized carbons (Fsp3) is 0.297. The number of carbonyl (C=O) groups is 2. The van der Waals surface area contributed by atoms with Crippen LogP contribution in [0.2, 0.25) is 5.02 Å². The Hall–Kier alpha value is -4.14. The van der Waals surface area contributed by atoms with Crippen molar-refractivity contribution in [2.75, 3.05) is 17.4 Å². The predicted octanol–water partition coefficient (Wildman–Crippen LogP) is 6.87. The Labute approximate surface area is 278 Å². The lowest BCUT2D eigenvalue weighted by Crippen LogP contribution is -2.53. The first kappa shape index (κ1) is 34.7. The van der Waals surface area contributed by atoms with Gasteiger partial charge in [-0.1, -0.05) is 103 Å². The first-order valence-corrected chi connectivity index (χ1v) is 17.2. The van der Waals surface area contributed by atoms with Crippen LogP contribution in [0.3, 0.4) is 0 Å². The molecule has 0 spiro atoms. The Morgan fingerprint density at radius 2 is 1.43 bits per heavy atom. The lowest BCUT2D eigenvalue weighted by atomic mass is 10.0. The first-order chi connectivity index (χ1) is 21.8. The minimum Gasteiger partial charge on any atom is -0.354 e. The molecule has 1 atom stereocenters. The van der Waals surface area contributed by atoms with Gasteiger partial charge in [-0.25, -0.2) is 8.42 Å². The van der Waals surface area contributed by atoms with E-state index in [1.807, 2.05) is 77.1 Å². The highest BCUT2D eigenvalue weighted by atomic mass is 35.5. The van der Waals surface area contributed by atoms with Crippen LogP contribution in [-0.4, -0.2) is 44.3 Å². The van der Waals surface area contributed by atoms with Crippen molar-refractivity contribution in [3.63, 3.8) is 0 Å². The van der Waals surface area contributed by atoms with Gasteiger partial charge in [-0.2, -0.15) is 0 Å². The average molecular weight is 660 g/mol. The third-order valence-corrected chi connectivity index (χ3v) is 9.76. The van der Waals surface area contributed by atoms with Crippen molar-refractivity contribution in [1.82, 2.24) is 10.2 Å². The predicted molar refractivity (Wildman–Crippen MR) is 185 cm³/mol. The van der Waals surface area contributed by atoms with Gasteiger partial charge >= 0.3 is 0 Å². The molecule has 46 heavy (non-hydrogen) atoms. The Kier molecular flexibility index (Phi) is 11.7. The number of anilines is 1. The number of hydrogen-bond donors (Lipinski definition) is 1. The van der Waals surface area contributed by atoms with Crippen molar-refractivity contribution in [3.05, 3.63) is 130 Å². The second kappa shape index (κ2) is 15.4. The summed E-state index contributed by atoms with van der Waals surface area (Å²) in [5, 5.41) is 3.55. The van der Waals surface area contributed by atoms with Crippen LogP contribution in [0, 0.1) is 26.7 Å². The monoisotopic (exact) mass is 659 g/mol. The molecule has 9 heteroatoms. The molecule has 0 heterocycles. The molecule has 0 aliphatic heterocycles. The first-order valence-electron chi connectivity index (χ1n) is 15.4. The maximum Gasteiger partial charge on any atom is 0.264 e. The number of halogens is 1. The SMILES string of the molecule is Cc1ccc(S(=O)(=O)N(CC(=O)N(Cc2ccc(Cl)cc2)C(Cc2ccccc2)C(=O)NCC(C)C)c2ccc(C)cc2C)cc1. The Bertz CT molecular complexity index is 1740. The molecule has 7 nitrogen and oxygen atoms in total. The summed E-state index contributed by atoms with van der Waals surface area (Å²) in [5.41, 5.74) is 4.62. The second-order valence-electron chi connectivity index (χ2n) is 12.1. The number of amides is 2. The molecule has 4 aromatic carbocycles. The minimum atomic E-state index is -4.17. The summed E-state index contributed by atoms with van der Waals surface area (Å²) in [5.74, 6) is -0.619. The molecule has 0 aliphatic rings. The number of rotatable bonds is 13. The molecule has 4 aromatic rings. The molecule has 0 bridgehead atoms. The van der Waals surface area contributed by atoms with Gasteiger partial charge in [0.05, 0.1) is 10.6 Å². The molecule has 0 saturated carbocycles. The molecule has 1 N–H and O–H groups in total. The number of nitrogens with zero attached hydrogens (tertiary/aromatic N) is 2. The Morgan fingerprint density at radius 1 is 0.804 bits per heavy atom. The summed E-state index contributed by atoms with van der Waals surface area (Å²) in [6.45, 7) is 9.65. The number of hydrogen-bond acceptors (Lipinski definition) is 4. The van der Waals surface area contributed by atoms with Gasteiger partial charge < -0.3 is 10.2 Å². The quantitative estimate of drug-likeness (QED) is 0.170. The van der Waals surface area contributed by atoms with E-state index in [4.69, 9.17) is 11.6 Å². The highest BCUT2D eigenvalue weighted by Crippen LogP contribution is 2.29. The fourth-order valence-electron chi connectivity index (χ4n) is 5.20. The van der Waals surface area contributed by atoms with Crippen LogP contribution in [0.1, 0.15) is 41.7 Å². The van der Waals surface area contributed by atoms with Crippen molar-refractivity contribution in [2.24, 2.45) is 5.92 Å². The molecule has 0 radical (unpaired) electrons. The summed E-state index contributed by atoms with van der Waals surface area (Å²) >= 11 is 6.16. The number of nitrogens with one attached hydrogen (secondary N) is 1. The van der Waals surface area contributed by atoms with Crippen molar-refractivity contribution >= 4 is 39.1 Å². The number of aryl methyl sites for hydroxylation is 3. The van der Waals surface area contributed by atoms with Crippen LogP contribution in [-0.2, 0) is 32.6 Å². The lowest BCUT2D eigenvalue weighted by Gasteiger charge is -2.34. The topological polar surface area (TPSA) is 86.8 Å². The normalized spacial score (nSPS) is 12.1. The average Bonchev–Trinajstić information content (AvgIpc) is 3.02. The number of benzene rings is 4. The molecule has 2 amide bonds. The molecular weight excluding hydrogens is 618 g/mol. The zero-order valence-electron chi connectivity index (χ0n) is 27.0. The van der Waals surface area contributed by atoms with E-state index in [9.17, 15) is 18.0 Å². The van der Waals surface area contributed by atoms with Crippen molar-refractivity contribution in [1.29, 1.82) is 0 Å². The number of carbonyl (C=O) groups excluding carboxylic acids is 2. The summed E-state index contributed by atoms with van der Waals surface area (Å²) in [7, 11) is -4.17. The summed E-state index contributed by atoms with van der Waals surface area (Å²) in [4.78, 5) is 30.0. The highest BCUT2D eigenvalue weighted by Gasteiger charge is 2.35. The van der Waals surface area contributed by atoms with Crippen LogP contribution in [0.4, 0.5) is 5.69 Å². The van der Waals surface area contributed by atoms with Gasteiger partial charge in [0.15, 0.2) is 0 Å². The van der Waals surface area contributed by atoms with Crippen LogP contribution in [0.5, 0.6) is 0 Å². The molecule has 0 saturated heterocycles. The smallest absolute Gasteiger partial charge is 0.264 e. The molecule has 1 unspecified atom stereocenters. The number of sulfonamides is 1. The van der Waals surface area contributed by atoms with Gasteiger partial charge in [0.2, 0.25) is 11.8 Å². The van der Waals surface area contributed by atoms with Gasteiger partial charge in [-0.15, -0.1) is 0 Å². The largest absolute Gasteiger partial charge is 0.354 e. The van der Waals surface area contributed by atoms with Crippen LogP contribution in [0.15, 0.2) is 102 Å². The molecule has 242 valence electrons. The Morgan fingerprint density at radius 3 is 2.04 bits per heavy atom. The van der Waals surface area contributed by atoms with Gasteiger partial charge in [0.1, 0.15) is 12.6 Å². The van der Waals surface area contributed by atoms with E-state index in [0.29, 0.717) is 22.8 Å². The fourth-order valence-corrected chi connectivity index (χ4v) is 6.80. The maximum atomic E-state index is 14.6. The van der Waals surface area contributed by atoms with E-state index in [0.717, 1.165) is 26.6 Å². The summed E-state index contributed by atoms with van der Waals surface area (Å²) < 4.78 is 29.7. The van der Waals surface area contributed by atoms with Crippen molar-refractivity contribution in [2.45, 2.75) is 58.5 Å². The summed E-state index contributed by atoms with van der Waals surface area (Å²) in [6, 6.07) is 27.7. The molecule has 0 fully saturated rings. The van der Waals surface area contributed by atoms with Crippen LogP contribution >= 0.6 is 11.6 Å². The molecule has 0 aliphatic carbocycles. The maximum absolute atomic E-state index is 14.6. The van der Waals surface area contributed by atoms with E-state index in [-0.39, 0.29) is 29.7 Å². The van der Waals surface area contributed by atoms with Gasteiger partial charge in [0.25, 0.3) is 10.0 Å². The lowest BCUT2D eigenvalue weighted by molar-refractivity contribution is -0.140. The third kappa shape index (κ3) is 8.98. The van der Waals surface area contributed by atoms with E-state index in [1.54, 1.807) is 54.6 Å². The third-order valence-electron chi connectivity index (χ3n) is 7.73. The van der Waals surface area contributed by atoms with Gasteiger partial charge in [-0.05, 0) is 73.7 Å². The standard InChI is InChI=1S/C37H42ClN3O4S/c1-26(2)23-39-37(43)35(22-30-9-7-6-8-10-30)40(24-31-14-16-32(38)17-15-31)36(42)25-41(34-20-13-28(4)21-29(34)5)46(44,45)33-18-11-27(3)12-19-33/h6-21,26,35H,22-25H2,1-5H3,(H,39,43). The van der Waals surface area contributed by atoms with E-state index >= 15 is 0 Å². The van der Waals surface area contributed by atoms with Gasteiger partial charge in [0, 0.05) is 24.5 Å². The second-order valence-corrected chi connectivity index (χ2v) is 14.4. The summed E-state index contributed by atoms with van der Waals surface area (Å²) in [6.07, 6.45) is 0.248. The van der Waals surface area contributed by atoms with E-state index in [1.165, 1.54) is 4.90 Å². The molecule has 4 rings (SSSR count). The Balaban J connectivity index is 1.82. The van der Waals surface area contributed by atoms with E-state index < -0.39 is 28.5 Å². The zero-order valence-corrected chi connectivity index (χ0v) is 28.6. The van der Waals surface area contributed by atoms with Crippen molar-refractivity contribution in [3.8, 4) is 0 Å². The molecular formula is C37H42ClN3O4S.